The lowest BCUT2D eigenvalue weighted by atomic mass is 10.2. The minimum Gasteiger partial charge on any atom is -0.382 e. The van der Waals surface area contributed by atoms with E-state index in [0.717, 1.165) is 57.2 Å². The van der Waals surface area contributed by atoms with Gasteiger partial charge in [-0.2, -0.15) is 0 Å². The molecule has 1 saturated heterocycles. The van der Waals surface area contributed by atoms with Gasteiger partial charge in [0.05, 0.1) is 6.33 Å². The van der Waals surface area contributed by atoms with Gasteiger partial charge in [0, 0.05) is 44.3 Å². The number of para-hydroxylation sites is 1. The van der Waals surface area contributed by atoms with Crippen LogP contribution in [0.5, 0.6) is 0 Å². The van der Waals surface area contributed by atoms with E-state index in [1.807, 2.05) is 6.33 Å². The Labute approximate surface area is 166 Å². The summed E-state index contributed by atoms with van der Waals surface area (Å²) in [5.74, 6) is 1.50. The molecule has 148 valence electrons. The molecule has 0 unspecified atom stereocenters. The zero-order valence-electron chi connectivity index (χ0n) is 16.8. The molecule has 1 aliphatic heterocycles. The fraction of sp³-hybridized carbons (Fsp3) is 0.476. The van der Waals surface area contributed by atoms with Crippen molar-refractivity contribution in [3.05, 3.63) is 42.5 Å². The number of benzene rings is 1. The summed E-state index contributed by atoms with van der Waals surface area (Å²) in [5.41, 5.74) is 8.96. The number of nitrogens with two attached hydrogens (primary N) is 1. The number of hydrogen-bond donors (Lipinski definition) is 1. The molecule has 3 heterocycles. The van der Waals surface area contributed by atoms with Gasteiger partial charge in [-0.1, -0.05) is 32.0 Å². The number of hydrogen-bond acceptors (Lipinski definition) is 6. The molecule has 0 saturated carbocycles. The van der Waals surface area contributed by atoms with Gasteiger partial charge in [0.15, 0.2) is 11.5 Å². The largest absolute Gasteiger partial charge is 0.382 e. The van der Waals surface area contributed by atoms with Crippen LogP contribution in [0.15, 0.2) is 36.7 Å². The van der Waals surface area contributed by atoms with E-state index in [2.05, 4.69) is 68.5 Å². The molecule has 1 aromatic carbocycles. The van der Waals surface area contributed by atoms with Gasteiger partial charge in [-0.25, -0.2) is 15.0 Å². The molecule has 4 rings (SSSR count). The van der Waals surface area contributed by atoms with Crippen LogP contribution in [-0.2, 0) is 6.54 Å². The third-order valence-electron chi connectivity index (χ3n) is 5.39. The zero-order valence-corrected chi connectivity index (χ0v) is 16.8. The minimum absolute atomic E-state index is 0.246. The lowest BCUT2D eigenvalue weighted by Crippen LogP contribution is -2.46. The number of imidazole rings is 1. The van der Waals surface area contributed by atoms with Crippen molar-refractivity contribution in [3.63, 3.8) is 0 Å². The number of rotatable bonds is 6. The molecule has 0 spiro atoms. The number of piperazine rings is 1. The fourth-order valence-corrected chi connectivity index (χ4v) is 3.74. The van der Waals surface area contributed by atoms with Gasteiger partial charge in [-0.15, -0.1) is 0 Å². The molecule has 0 atom stereocenters. The summed E-state index contributed by atoms with van der Waals surface area (Å²) < 4.78 is 2.11. The monoisotopic (exact) mass is 379 g/mol. The molecule has 0 bridgehead atoms. The molecule has 2 N–H and O–H groups in total. The summed E-state index contributed by atoms with van der Waals surface area (Å²) in [7, 11) is 0. The van der Waals surface area contributed by atoms with E-state index in [1.165, 1.54) is 5.69 Å². The van der Waals surface area contributed by atoms with Crippen LogP contribution in [0.4, 0.5) is 11.5 Å². The highest BCUT2D eigenvalue weighted by Gasteiger charge is 2.17. The molecule has 0 aliphatic carbocycles. The minimum atomic E-state index is 0.246. The van der Waals surface area contributed by atoms with Crippen LogP contribution < -0.4 is 10.6 Å². The molecule has 2 aromatic heterocycles. The van der Waals surface area contributed by atoms with Crippen molar-refractivity contribution >= 4 is 22.7 Å². The summed E-state index contributed by atoms with van der Waals surface area (Å²) in [4.78, 5) is 18.5. The lowest BCUT2D eigenvalue weighted by molar-refractivity contribution is 0.251. The maximum atomic E-state index is 6.07. The highest BCUT2D eigenvalue weighted by Crippen LogP contribution is 2.20. The first-order chi connectivity index (χ1) is 13.6. The predicted octanol–water partition coefficient (Wildman–Crippen LogP) is 2.74. The Morgan fingerprint density at radius 1 is 1.00 bits per heavy atom. The SMILES string of the molecule is CC(C)c1nc(N)c2ncn(CCCN3CCN(c4ccccc4)CC3)c2n1. The Kier molecular flexibility index (Phi) is 5.43. The highest BCUT2D eigenvalue weighted by atomic mass is 15.3. The summed E-state index contributed by atoms with van der Waals surface area (Å²) in [6.07, 6.45) is 2.91. The number of nitrogens with zero attached hydrogens (tertiary/aromatic N) is 6. The summed E-state index contributed by atoms with van der Waals surface area (Å²) >= 11 is 0. The molecule has 0 radical (unpaired) electrons. The molecule has 1 fully saturated rings. The second kappa shape index (κ2) is 8.14. The number of aromatic nitrogens is 4. The van der Waals surface area contributed by atoms with Gasteiger partial charge < -0.3 is 15.2 Å². The van der Waals surface area contributed by atoms with E-state index in [-0.39, 0.29) is 5.92 Å². The smallest absolute Gasteiger partial charge is 0.165 e. The van der Waals surface area contributed by atoms with Crippen molar-refractivity contribution in [2.75, 3.05) is 43.4 Å². The van der Waals surface area contributed by atoms with Crippen LogP contribution in [0.1, 0.15) is 32.0 Å². The van der Waals surface area contributed by atoms with Gasteiger partial charge in [0.25, 0.3) is 0 Å². The van der Waals surface area contributed by atoms with E-state index < -0.39 is 0 Å². The third kappa shape index (κ3) is 3.94. The Balaban J connectivity index is 1.32. The van der Waals surface area contributed by atoms with Crippen molar-refractivity contribution < 1.29 is 0 Å². The first-order valence-corrected chi connectivity index (χ1v) is 10.1. The van der Waals surface area contributed by atoms with Crippen molar-refractivity contribution in [1.82, 2.24) is 24.4 Å². The van der Waals surface area contributed by atoms with Crippen LogP contribution >= 0.6 is 0 Å². The van der Waals surface area contributed by atoms with Crippen molar-refractivity contribution in [2.45, 2.75) is 32.7 Å². The molecule has 28 heavy (non-hydrogen) atoms. The molecular weight excluding hydrogens is 350 g/mol. The molecule has 1 aliphatic rings. The van der Waals surface area contributed by atoms with Crippen LogP contribution in [-0.4, -0.2) is 57.1 Å². The Hall–Kier alpha value is -2.67. The van der Waals surface area contributed by atoms with Crippen LogP contribution in [0.25, 0.3) is 11.2 Å². The molecule has 3 aromatic rings. The molecule has 7 nitrogen and oxygen atoms in total. The molecule has 7 heteroatoms. The van der Waals surface area contributed by atoms with Gasteiger partial charge in [-0.05, 0) is 25.1 Å². The quantitative estimate of drug-likeness (QED) is 0.710. The number of nitrogen functional groups attached to an aromatic ring is 1. The van der Waals surface area contributed by atoms with E-state index in [1.54, 1.807) is 0 Å². The van der Waals surface area contributed by atoms with Crippen LogP contribution in [0, 0.1) is 0 Å². The number of aryl methyl sites for hydroxylation is 1. The Bertz CT molecular complexity index is 911. The summed E-state index contributed by atoms with van der Waals surface area (Å²) in [6.45, 7) is 10.5. The number of anilines is 2. The lowest BCUT2D eigenvalue weighted by Gasteiger charge is -2.36. The fourth-order valence-electron chi connectivity index (χ4n) is 3.74. The highest BCUT2D eigenvalue weighted by molar-refractivity contribution is 5.81. The second-order valence-corrected chi connectivity index (χ2v) is 7.75. The Morgan fingerprint density at radius 3 is 2.46 bits per heavy atom. The first-order valence-electron chi connectivity index (χ1n) is 10.1. The second-order valence-electron chi connectivity index (χ2n) is 7.75. The normalized spacial score (nSPS) is 15.6. The zero-order chi connectivity index (χ0) is 19.5. The Morgan fingerprint density at radius 2 is 1.75 bits per heavy atom. The average molecular weight is 380 g/mol. The van der Waals surface area contributed by atoms with Crippen molar-refractivity contribution in [2.24, 2.45) is 0 Å². The van der Waals surface area contributed by atoms with E-state index >= 15 is 0 Å². The third-order valence-corrected chi connectivity index (χ3v) is 5.39. The van der Waals surface area contributed by atoms with Gasteiger partial charge in [0.2, 0.25) is 0 Å². The van der Waals surface area contributed by atoms with Gasteiger partial charge >= 0.3 is 0 Å². The van der Waals surface area contributed by atoms with Crippen LogP contribution in [0.2, 0.25) is 0 Å². The standard InChI is InChI=1S/C21H29N7/c1-16(2)20-24-19(22)18-21(25-20)28(15-23-18)10-6-9-26-11-13-27(14-12-26)17-7-4-3-5-8-17/h3-5,7-8,15-16H,6,9-14H2,1-2H3,(H2,22,24,25). The van der Waals surface area contributed by atoms with Gasteiger partial charge in [-0.3, -0.25) is 4.90 Å². The van der Waals surface area contributed by atoms with Gasteiger partial charge in [0.1, 0.15) is 11.3 Å². The predicted molar refractivity (Wildman–Crippen MR) is 114 cm³/mol. The average Bonchev–Trinajstić information content (AvgIpc) is 3.13. The topological polar surface area (TPSA) is 76.1 Å². The molecular formula is C21H29N7. The van der Waals surface area contributed by atoms with Crippen LogP contribution in [0.3, 0.4) is 0 Å². The number of fused-ring (bicyclic) bond motifs is 1. The van der Waals surface area contributed by atoms with Crippen molar-refractivity contribution in [1.29, 1.82) is 0 Å². The maximum Gasteiger partial charge on any atom is 0.165 e. The summed E-state index contributed by atoms with van der Waals surface area (Å²) in [5, 5.41) is 0. The van der Waals surface area contributed by atoms with E-state index in [9.17, 15) is 0 Å². The van der Waals surface area contributed by atoms with E-state index in [4.69, 9.17) is 10.7 Å². The maximum absolute atomic E-state index is 6.07. The summed E-state index contributed by atoms with van der Waals surface area (Å²) in [6, 6.07) is 10.7. The van der Waals surface area contributed by atoms with E-state index in [0.29, 0.717) is 11.3 Å². The van der Waals surface area contributed by atoms with Crippen molar-refractivity contribution in [3.8, 4) is 0 Å². The first kappa shape index (κ1) is 18.7. The molecule has 0 amide bonds.